The molecule has 0 unspecified atom stereocenters. The van der Waals surface area contributed by atoms with Crippen LogP contribution in [0.3, 0.4) is 0 Å². The fourth-order valence-electron chi connectivity index (χ4n) is 0.869. The lowest BCUT2D eigenvalue weighted by atomic mass is 10.0. The van der Waals surface area contributed by atoms with E-state index in [1.54, 1.807) is 0 Å². The van der Waals surface area contributed by atoms with E-state index in [1.807, 2.05) is 0 Å². The Morgan fingerprint density at radius 2 is 2.00 bits per heavy atom. The van der Waals surface area contributed by atoms with Crippen LogP contribution in [0.2, 0.25) is 0 Å². The van der Waals surface area contributed by atoms with Crippen molar-refractivity contribution in [2.24, 2.45) is 4.58 Å². The molecule has 0 aromatic heterocycles. The third kappa shape index (κ3) is 3.73. The summed E-state index contributed by atoms with van der Waals surface area (Å²) in [7, 11) is 0. The monoisotopic (exact) mass is 219 g/mol. The van der Waals surface area contributed by atoms with Crippen LogP contribution >= 0.6 is 11.9 Å². The molecule has 1 N–H and O–H groups in total. The molecule has 1 amide bonds. The zero-order valence-corrected chi connectivity index (χ0v) is 8.88. The molecule has 6 nitrogen and oxygen atoms in total. The Labute approximate surface area is 85.5 Å². The summed E-state index contributed by atoms with van der Waals surface area (Å²) in [6.45, 7) is 4.15. The smallest absolute Gasteiger partial charge is 0.217 e. The minimum Gasteiger partial charge on any atom is -0.548 e. The van der Waals surface area contributed by atoms with Crippen molar-refractivity contribution < 1.29 is 14.7 Å². The molecule has 0 aliphatic rings. The number of carboxylic acid groups (broad SMARTS) is 1. The number of nitrogens with one attached hydrogen (secondary N) is 1. The van der Waals surface area contributed by atoms with Crippen LogP contribution in [0, 0.1) is 4.91 Å². The third-order valence-electron chi connectivity index (χ3n) is 1.55. The van der Waals surface area contributed by atoms with Crippen molar-refractivity contribution >= 4 is 23.8 Å². The number of carbonyl (C=O) groups excluding carboxylic acids is 2. The summed E-state index contributed by atoms with van der Waals surface area (Å²) in [5.41, 5.74) is 0. The Bertz CT molecular complexity index is 254. The molecular weight excluding hydrogens is 208 g/mol. The lowest BCUT2D eigenvalue weighted by Crippen LogP contribution is -2.56. The number of aliphatic carboxylic acids is 1. The normalized spacial score (nSPS) is 13.1. The van der Waals surface area contributed by atoms with E-state index in [1.165, 1.54) is 20.8 Å². The summed E-state index contributed by atoms with van der Waals surface area (Å²) in [4.78, 5) is 31.4. The van der Waals surface area contributed by atoms with E-state index in [-0.39, 0.29) is 0 Å². The van der Waals surface area contributed by atoms with E-state index in [2.05, 4.69) is 9.90 Å². The van der Waals surface area contributed by atoms with E-state index in [9.17, 15) is 19.6 Å². The predicted octanol–water partition coefficient (Wildman–Crippen LogP) is -0.566. The topological polar surface area (TPSA) is 98.7 Å². The molecule has 0 heterocycles. The Morgan fingerprint density at radius 1 is 1.50 bits per heavy atom. The van der Waals surface area contributed by atoms with Crippen LogP contribution in [-0.4, -0.2) is 22.7 Å². The SMILES string of the molecule is CC(=O)N[C@@H](C(=O)[O-])C(C)(C)SN=O. The van der Waals surface area contributed by atoms with E-state index >= 15 is 0 Å². The lowest BCUT2D eigenvalue weighted by molar-refractivity contribution is -0.309. The van der Waals surface area contributed by atoms with E-state index < -0.39 is 22.7 Å². The first-order chi connectivity index (χ1) is 6.31. The minimum atomic E-state index is -1.44. The average molecular weight is 219 g/mol. The molecule has 0 radical (unpaired) electrons. The second-order valence-electron chi connectivity index (χ2n) is 3.22. The van der Waals surface area contributed by atoms with Gasteiger partial charge < -0.3 is 15.2 Å². The number of hydrogen-bond acceptors (Lipinski definition) is 6. The first-order valence-corrected chi connectivity index (χ1v) is 4.57. The van der Waals surface area contributed by atoms with Crippen LogP contribution in [0.25, 0.3) is 0 Å². The maximum Gasteiger partial charge on any atom is 0.217 e. The van der Waals surface area contributed by atoms with Crippen molar-refractivity contribution in [3.8, 4) is 0 Å². The molecule has 0 bridgehead atoms. The molecule has 0 fully saturated rings. The van der Waals surface area contributed by atoms with Gasteiger partial charge in [0.15, 0.2) is 0 Å². The van der Waals surface area contributed by atoms with Crippen LogP contribution in [0.15, 0.2) is 4.58 Å². The van der Waals surface area contributed by atoms with Crippen molar-refractivity contribution in [3.63, 3.8) is 0 Å². The fraction of sp³-hybridized carbons (Fsp3) is 0.714. The van der Waals surface area contributed by atoms with E-state index in [4.69, 9.17) is 0 Å². The quantitative estimate of drug-likeness (QED) is 0.493. The van der Waals surface area contributed by atoms with Gasteiger partial charge in [-0.3, -0.25) is 4.79 Å². The number of carbonyl (C=O) groups is 2. The molecule has 0 rings (SSSR count). The maximum atomic E-state index is 10.7. The number of hydrogen-bond donors (Lipinski definition) is 1. The molecule has 0 aromatic rings. The molecule has 0 spiro atoms. The van der Waals surface area contributed by atoms with Crippen LogP contribution in [0.5, 0.6) is 0 Å². The van der Waals surface area contributed by atoms with Gasteiger partial charge >= 0.3 is 0 Å². The Balaban J connectivity index is 4.71. The molecular formula is C7H11N2O4S-. The highest BCUT2D eigenvalue weighted by Gasteiger charge is 2.33. The molecule has 14 heavy (non-hydrogen) atoms. The van der Waals surface area contributed by atoms with Crippen LogP contribution < -0.4 is 10.4 Å². The van der Waals surface area contributed by atoms with E-state index in [0.717, 1.165) is 0 Å². The molecule has 80 valence electrons. The Kier molecular flexibility index (Phi) is 4.55. The maximum absolute atomic E-state index is 10.7. The molecule has 1 atom stereocenters. The number of amides is 1. The number of nitroso groups, excluding NO2 is 1. The minimum absolute atomic E-state index is 0.501. The summed E-state index contributed by atoms with van der Waals surface area (Å²) in [5, 5.41) is 12.9. The average Bonchev–Trinajstić information content (AvgIpc) is 1.99. The summed E-state index contributed by atoms with van der Waals surface area (Å²) < 4.78 is 1.51. The summed E-state index contributed by atoms with van der Waals surface area (Å²) >= 11 is 0.546. The molecule has 0 aliphatic carbocycles. The van der Waals surface area contributed by atoms with Gasteiger partial charge in [0.1, 0.15) is 0 Å². The van der Waals surface area contributed by atoms with Crippen LogP contribution in [0.1, 0.15) is 20.8 Å². The second-order valence-corrected chi connectivity index (χ2v) is 4.61. The fourth-order valence-corrected chi connectivity index (χ4v) is 1.32. The molecule has 7 heteroatoms. The number of carboxylic acids is 1. The molecule has 0 aliphatic heterocycles. The van der Waals surface area contributed by atoms with Crippen molar-refractivity contribution in [1.29, 1.82) is 0 Å². The van der Waals surface area contributed by atoms with Gasteiger partial charge in [-0.25, -0.2) is 0 Å². The van der Waals surface area contributed by atoms with Crippen molar-refractivity contribution in [2.45, 2.75) is 31.6 Å². The largest absolute Gasteiger partial charge is 0.548 e. The number of nitrogens with zero attached hydrogens (tertiary/aromatic N) is 1. The lowest BCUT2D eigenvalue weighted by Gasteiger charge is -2.31. The van der Waals surface area contributed by atoms with Gasteiger partial charge in [-0.2, -0.15) is 0 Å². The number of rotatable bonds is 5. The van der Waals surface area contributed by atoms with Gasteiger partial charge in [0.2, 0.25) is 5.91 Å². The first-order valence-electron chi connectivity index (χ1n) is 3.80. The highest BCUT2D eigenvalue weighted by Crippen LogP contribution is 2.28. The van der Waals surface area contributed by atoms with Gasteiger partial charge in [0.05, 0.1) is 16.8 Å². The highest BCUT2D eigenvalue weighted by molar-refractivity contribution is 7.99. The van der Waals surface area contributed by atoms with Crippen molar-refractivity contribution in [1.82, 2.24) is 5.32 Å². The molecule has 0 saturated heterocycles. The van der Waals surface area contributed by atoms with Crippen LogP contribution in [-0.2, 0) is 9.59 Å². The van der Waals surface area contributed by atoms with Crippen molar-refractivity contribution in [2.75, 3.05) is 0 Å². The Morgan fingerprint density at radius 3 is 2.29 bits per heavy atom. The van der Waals surface area contributed by atoms with E-state index in [0.29, 0.717) is 11.9 Å². The summed E-state index contributed by atoms with van der Waals surface area (Å²) in [5.74, 6) is -1.94. The molecule has 0 saturated carbocycles. The first kappa shape index (κ1) is 12.9. The second kappa shape index (κ2) is 4.94. The summed E-state index contributed by atoms with van der Waals surface area (Å²) in [6.07, 6.45) is 0. The standard InChI is InChI=1S/C7H12N2O4S/c1-4(10)8-5(6(11)12)7(2,3)14-9-13/h5H,1-3H3,(H,8,10)(H,11,12)/p-1/t5-/m0/s1. The predicted molar refractivity (Wildman–Crippen MR) is 50.1 cm³/mol. The van der Waals surface area contributed by atoms with Gasteiger partial charge in [-0.05, 0) is 13.8 Å². The van der Waals surface area contributed by atoms with Crippen LogP contribution in [0.4, 0.5) is 0 Å². The zero-order chi connectivity index (χ0) is 11.4. The van der Waals surface area contributed by atoms with Crippen molar-refractivity contribution in [3.05, 3.63) is 4.91 Å². The van der Waals surface area contributed by atoms with Gasteiger partial charge in [-0.1, -0.05) is 0 Å². The summed E-state index contributed by atoms with van der Waals surface area (Å²) in [6, 6.07) is -1.25. The van der Waals surface area contributed by atoms with Gasteiger partial charge in [0, 0.05) is 23.5 Å². The Hall–Kier alpha value is -1.11. The van der Waals surface area contributed by atoms with Gasteiger partial charge in [0.25, 0.3) is 0 Å². The zero-order valence-electron chi connectivity index (χ0n) is 8.07. The highest BCUT2D eigenvalue weighted by atomic mass is 32.2. The molecule has 0 aromatic carbocycles. The van der Waals surface area contributed by atoms with Gasteiger partial charge in [-0.15, -0.1) is 4.91 Å². The third-order valence-corrected chi connectivity index (χ3v) is 2.33.